The van der Waals surface area contributed by atoms with E-state index in [0.29, 0.717) is 6.54 Å². The van der Waals surface area contributed by atoms with Gasteiger partial charge in [-0.3, -0.25) is 4.79 Å². The van der Waals surface area contributed by atoms with Gasteiger partial charge in [-0.05, 0) is 25.8 Å². The van der Waals surface area contributed by atoms with E-state index in [1.54, 1.807) is 0 Å². The summed E-state index contributed by atoms with van der Waals surface area (Å²) >= 11 is 0. The fourth-order valence-corrected chi connectivity index (χ4v) is 1.47. The molecule has 15 heavy (non-hydrogen) atoms. The number of carbonyl (C=O) groups is 1. The summed E-state index contributed by atoms with van der Waals surface area (Å²) in [5, 5.41) is 2.87. The summed E-state index contributed by atoms with van der Waals surface area (Å²) in [4.78, 5) is 13.8. The van der Waals surface area contributed by atoms with Crippen LogP contribution < -0.4 is 11.1 Å². The second kappa shape index (κ2) is 5.47. The lowest BCUT2D eigenvalue weighted by Crippen LogP contribution is -2.46. The number of hydrogen-bond acceptors (Lipinski definition) is 3. The van der Waals surface area contributed by atoms with Crippen LogP contribution in [0.1, 0.15) is 26.7 Å². The maximum absolute atomic E-state index is 11.5. The van der Waals surface area contributed by atoms with Gasteiger partial charge in [0.05, 0.1) is 6.04 Å². The lowest BCUT2D eigenvalue weighted by molar-refractivity contribution is -0.123. The van der Waals surface area contributed by atoms with E-state index in [0.717, 1.165) is 12.6 Å². The van der Waals surface area contributed by atoms with Crippen LogP contribution in [0.5, 0.6) is 0 Å². The Morgan fingerprint density at radius 1 is 1.53 bits per heavy atom. The third kappa shape index (κ3) is 4.18. The lowest BCUT2D eigenvalue weighted by atomic mass is 10.1. The number of hydrogen-bond donors (Lipinski definition) is 2. The van der Waals surface area contributed by atoms with Crippen molar-refractivity contribution < 1.29 is 4.79 Å². The van der Waals surface area contributed by atoms with Crippen LogP contribution in [0.3, 0.4) is 0 Å². The Labute approximate surface area is 92.2 Å². The van der Waals surface area contributed by atoms with Gasteiger partial charge >= 0.3 is 0 Å². The van der Waals surface area contributed by atoms with Crippen molar-refractivity contribution in [1.82, 2.24) is 10.2 Å². The Morgan fingerprint density at radius 3 is 2.60 bits per heavy atom. The van der Waals surface area contributed by atoms with E-state index in [1.807, 2.05) is 13.8 Å². The van der Waals surface area contributed by atoms with Crippen LogP contribution in [0.4, 0.5) is 0 Å². The second-order valence-corrected chi connectivity index (χ2v) is 4.77. The molecule has 0 aromatic rings. The molecule has 0 radical (unpaired) electrons. The normalized spacial score (nSPS) is 18.3. The molecule has 1 aliphatic carbocycles. The third-order valence-corrected chi connectivity index (χ3v) is 2.95. The molecule has 1 saturated carbocycles. The highest BCUT2D eigenvalue weighted by atomic mass is 16.2. The third-order valence-electron chi connectivity index (χ3n) is 2.95. The topological polar surface area (TPSA) is 58.4 Å². The Hall–Kier alpha value is -0.610. The minimum Gasteiger partial charge on any atom is -0.353 e. The van der Waals surface area contributed by atoms with Gasteiger partial charge in [0, 0.05) is 19.1 Å². The highest BCUT2D eigenvalue weighted by Gasteiger charge is 2.25. The second-order valence-electron chi connectivity index (χ2n) is 4.77. The SMILES string of the molecule is CC(C)[C@@H](N)C(=O)NCCN(C)C1CC1. The summed E-state index contributed by atoms with van der Waals surface area (Å²) in [6.07, 6.45) is 2.60. The molecule has 0 aromatic carbocycles. The fourth-order valence-electron chi connectivity index (χ4n) is 1.47. The van der Waals surface area contributed by atoms with E-state index < -0.39 is 0 Å². The van der Waals surface area contributed by atoms with Gasteiger partial charge in [-0.15, -0.1) is 0 Å². The van der Waals surface area contributed by atoms with Gasteiger partial charge in [0.2, 0.25) is 5.91 Å². The predicted octanol–water partition coefficient (Wildman–Crippen LogP) is 0.180. The quantitative estimate of drug-likeness (QED) is 0.662. The van der Waals surface area contributed by atoms with Crippen molar-refractivity contribution >= 4 is 5.91 Å². The molecule has 0 bridgehead atoms. The zero-order valence-electron chi connectivity index (χ0n) is 9.99. The van der Waals surface area contributed by atoms with E-state index >= 15 is 0 Å². The first-order valence-electron chi connectivity index (χ1n) is 5.76. The Bertz CT molecular complexity index is 214. The number of amides is 1. The summed E-state index contributed by atoms with van der Waals surface area (Å²) in [6, 6.07) is 0.372. The van der Waals surface area contributed by atoms with E-state index in [4.69, 9.17) is 5.73 Å². The highest BCUT2D eigenvalue weighted by molar-refractivity contribution is 5.81. The van der Waals surface area contributed by atoms with Gasteiger partial charge < -0.3 is 16.0 Å². The molecule has 1 amide bonds. The number of nitrogens with one attached hydrogen (secondary N) is 1. The molecule has 0 unspecified atom stereocenters. The number of carbonyl (C=O) groups excluding carboxylic acids is 1. The van der Waals surface area contributed by atoms with Gasteiger partial charge in [0.25, 0.3) is 0 Å². The maximum atomic E-state index is 11.5. The van der Waals surface area contributed by atoms with Crippen LogP contribution in [0.2, 0.25) is 0 Å². The van der Waals surface area contributed by atoms with Crippen molar-refractivity contribution in [1.29, 1.82) is 0 Å². The van der Waals surface area contributed by atoms with Gasteiger partial charge in [-0.1, -0.05) is 13.8 Å². The lowest BCUT2D eigenvalue weighted by Gasteiger charge is -2.18. The molecule has 0 aromatic heterocycles. The van der Waals surface area contributed by atoms with E-state index in [9.17, 15) is 4.79 Å². The molecule has 0 saturated heterocycles. The summed E-state index contributed by atoms with van der Waals surface area (Å²) in [5.74, 6) is 0.167. The monoisotopic (exact) mass is 213 g/mol. The van der Waals surface area contributed by atoms with Crippen molar-refractivity contribution in [3.63, 3.8) is 0 Å². The van der Waals surface area contributed by atoms with Crippen LogP contribution >= 0.6 is 0 Å². The van der Waals surface area contributed by atoms with E-state index in [-0.39, 0.29) is 17.9 Å². The van der Waals surface area contributed by atoms with Gasteiger partial charge in [-0.25, -0.2) is 0 Å². The average Bonchev–Trinajstić information content (AvgIpc) is 2.99. The van der Waals surface area contributed by atoms with E-state index in [2.05, 4.69) is 17.3 Å². The largest absolute Gasteiger partial charge is 0.353 e. The zero-order valence-corrected chi connectivity index (χ0v) is 9.99. The summed E-state index contributed by atoms with van der Waals surface area (Å²) < 4.78 is 0. The Kier molecular flexibility index (Phi) is 4.54. The number of rotatable bonds is 6. The first-order chi connectivity index (χ1) is 7.02. The molecule has 0 heterocycles. The molecule has 0 aliphatic heterocycles. The Balaban J connectivity index is 2.10. The molecule has 4 heteroatoms. The van der Waals surface area contributed by atoms with Crippen molar-refractivity contribution in [3.05, 3.63) is 0 Å². The zero-order chi connectivity index (χ0) is 11.4. The molecular formula is C11H23N3O. The van der Waals surface area contributed by atoms with Crippen LogP contribution in [0.15, 0.2) is 0 Å². The van der Waals surface area contributed by atoms with Crippen LogP contribution in [0, 0.1) is 5.92 Å². The summed E-state index contributed by atoms with van der Waals surface area (Å²) in [6.45, 7) is 5.54. The molecule has 0 spiro atoms. The maximum Gasteiger partial charge on any atom is 0.237 e. The summed E-state index contributed by atoms with van der Waals surface area (Å²) in [5.41, 5.74) is 5.72. The fraction of sp³-hybridized carbons (Fsp3) is 0.909. The van der Waals surface area contributed by atoms with Crippen LogP contribution in [-0.4, -0.2) is 43.0 Å². The minimum atomic E-state index is -0.378. The van der Waals surface area contributed by atoms with Crippen LogP contribution in [0.25, 0.3) is 0 Å². The van der Waals surface area contributed by atoms with E-state index in [1.165, 1.54) is 12.8 Å². The van der Waals surface area contributed by atoms with Crippen LogP contribution in [-0.2, 0) is 4.79 Å². The molecule has 3 N–H and O–H groups in total. The van der Waals surface area contributed by atoms with Crippen molar-refractivity contribution in [2.24, 2.45) is 11.7 Å². The number of nitrogens with two attached hydrogens (primary N) is 1. The van der Waals surface area contributed by atoms with Gasteiger partial charge in [0.15, 0.2) is 0 Å². The Morgan fingerprint density at radius 2 is 2.13 bits per heavy atom. The van der Waals surface area contributed by atoms with Crippen molar-refractivity contribution in [3.8, 4) is 0 Å². The molecule has 1 fully saturated rings. The number of likely N-dealkylation sites (N-methyl/N-ethyl adjacent to an activating group) is 1. The molecule has 1 atom stereocenters. The molecule has 1 aliphatic rings. The first kappa shape index (κ1) is 12.5. The highest BCUT2D eigenvalue weighted by Crippen LogP contribution is 2.24. The molecular weight excluding hydrogens is 190 g/mol. The molecule has 88 valence electrons. The molecule has 1 rings (SSSR count). The molecule has 4 nitrogen and oxygen atoms in total. The van der Waals surface area contributed by atoms with Gasteiger partial charge in [0.1, 0.15) is 0 Å². The smallest absolute Gasteiger partial charge is 0.237 e. The van der Waals surface area contributed by atoms with Gasteiger partial charge in [-0.2, -0.15) is 0 Å². The standard InChI is InChI=1S/C11H23N3O/c1-8(2)10(12)11(15)13-6-7-14(3)9-4-5-9/h8-10H,4-7,12H2,1-3H3,(H,13,15)/t10-/m1/s1. The minimum absolute atomic E-state index is 0.0332. The van der Waals surface area contributed by atoms with Crippen molar-refractivity contribution in [2.75, 3.05) is 20.1 Å². The average molecular weight is 213 g/mol. The van der Waals surface area contributed by atoms with Crippen molar-refractivity contribution in [2.45, 2.75) is 38.8 Å². The summed E-state index contributed by atoms with van der Waals surface area (Å²) in [7, 11) is 2.10. The first-order valence-corrected chi connectivity index (χ1v) is 5.76. The predicted molar refractivity (Wildman–Crippen MR) is 61.5 cm³/mol. The number of nitrogens with zero attached hydrogens (tertiary/aromatic N) is 1.